The number of nitrogens with one attached hydrogen (secondary N) is 1. The Labute approximate surface area is 115 Å². The molecular formula is C11H14ClFN2O3S. The van der Waals surface area contributed by atoms with Gasteiger partial charge in [0.25, 0.3) is 9.05 Å². The van der Waals surface area contributed by atoms with Gasteiger partial charge in [-0.3, -0.25) is 0 Å². The molecule has 106 valence electrons. The predicted octanol–water partition coefficient (Wildman–Crippen LogP) is 2.63. The minimum atomic E-state index is -3.99. The summed E-state index contributed by atoms with van der Waals surface area (Å²) in [5.74, 6) is -0.859. The number of hydrogen-bond acceptors (Lipinski definition) is 3. The molecule has 8 heteroatoms. The summed E-state index contributed by atoms with van der Waals surface area (Å²) in [6.07, 6.45) is 0. The minimum absolute atomic E-state index is 0.0963. The molecule has 19 heavy (non-hydrogen) atoms. The number of anilines is 1. The van der Waals surface area contributed by atoms with Crippen LogP contribution < -0.4 is 5.32 Å². The average molecular weight is 309 g/mol. The Morgan fingerprint density at radius 2 is 1.95 bits per heavy atom. The third-order valence-electron chi connectivity index (χ3n) is 2.51. The lowest BCUT2D eigenvalue weighted by molar-refractivity contribution is 0.217. The van der Waals surface area contributed by atoms with E-state index in [0.717, 1.165) is 18.2 Å². The van der Waals surface area contributed by atoms with E-state index in [2.05, 4.69) is 5.32 Å². The average Bonchev–Trinajstić information content (AvgIpc) is 2.32. The zero-order chi connectivity index (χ0) is 14.6. The second kappa shape index (κ2) is 6.21. The van der Waals surface area contributed by atoms with Crippen LogP contribution >= 0.6 is 10.7 Å². The first-order valence-corrected chi connectivity index (χ1v) is 7.90. The zero-order valence-corrected chi connectivity index (χ0v) is 12.1. The molecule has 0 aromatic heterocycles. The van der Waals surface area contributed by atoms with Crippen LogP contribution in [0.25, 0.3) is 0 Å². The quantitative estimate of drug-likeness (QED) is 0.870. The van der Waals surface area contributed by atoms with E-state index in [1.807, 2.05) is 0 Å². The summed E-state index contributed by atoms with van der Waals surface area (Å²) in [5, 5.41) is 2.36. The largest absolute Gasteiger partial charge is 0.325 e. The van der Waals surface area contributed by atoms with E-state index in [1.54, 1.807) is 13.8 Å². The number of nitrogens with zero attached hydrogens (tertiary/aromatic N) is 1. The van der Waals surface area contributed by atoms with Gasteiger partial charge in [0.2, 0.25) is 0 Å². The molecule has 0 saturated carbocycles. The lowest BCUT2D eigenvalue weighted by Gasteiger charge is -2.19. The van der Waals surface area contributed by atoms with Crippen LogP contribution in [0.4, 0.5) is 14.9 Å². The molecular weight excluding hydrogens is 295 g/mol. The van der Waals surface area contributed by atoms with Crippen molar-refractivity contribution in [2.45, 2.75) is 18.7 Å². The Balaban J connectivity index is 2.96. The molecule has 0 heterocycles. The van der Waals surface area contributed by atoms with Crippen LogP contribution in [0.2, 0.25) is 0 Å². The Kier molecular flexibility index (Phi) is 5.13. The summed E-state index contributed by atoms with van der Waals surface area (Å²) in [4.78, 5) is 12.8. The maximum absolute atomic E-state index is 13.7. The van der Waals surface area contributed by atoms with E-state index in [9.17, 15) is 17.6 Å². The number of carbonyl (C=O) groups is 1. The normalized spacial score (nSPS) is 11.2. The second-order valence-corrected chi connectivity index (χ2v) is 6.25. The van der Waals surface area contributed by atoms with Gasteiger partial charge in [-0.15, -0.1) is 0 Å². The van der Waals surface area contributed by atoms with Crippen molar-refractivity contribution in [3.63, 3.8) is 0 Å². The number of carbonyl (C=O) groups excluding carboxylic acids is 1. The van der Waals surface area contributed by atoms with Gasteiger partial charge in [-0.2, -0.15) is 0 Å². The molecule has 0 aliphatic rings. The Bertz CT molecular complexity index is 573. The number of benzene rings is 1. The van der Waals surface area contributed by atoms with E-state index in [-0.39, 0.29) is 10.6 Å². The van der Waals surface area contributed by atoms with Crippen molar-refractivity contribution in [1.82, 2.24) is 4.90 Å². The number of halogens is 2. The molecule has 1 N–H and O–H groups in total. The van der Waals surface area contributed by atoms with E-state index in [4.69, 9.17) is 10.7 Å². The van der Waals surface area contributed by atoms with E-state index >= 15 is 0 Å². The maximum atomic E-state index is 13.7. The van der Waals surface area contributed by atoms with Crippen molar-refractivity contribution in [3.8, 4) is 0 Å². The maximum Gasteiger partial charge on any atom is 0.321 e. The van der Waals surface area contributed by atoms with Crippen molar-refractivity contribution >= 4 is 31.5 Å². The van der Waals surface area contributed by atoms with E-state index < -0.39 is 20.9 Å². The molecule has 0 fully saturated rings. The van der Waals surface area contributed by atoms with Gasteiger partial charge in [-0.05, 0) is 32.0 Å². The Morgan fingerprint density at radius 3 is 2.37 bits per heavy atom. The van der Waals surface area contributed by atoms with Crippen molar-refractivity contribution in [3.05, 3.63) is 24.0 Å². The molecule has 0 aliphatic carbocycles. The highest BCUT2D eigenvalue weighted by Gasteiger charge is 2.16. The fourth-order valence-electron chi connectivity index (χ4n) is 1.45. The van der Waals surface area contributed by atoms with Crippen LogP contribution in [0, 0.1) is 5.82 Å². The smallest absolute Gasteiger partial charge is 0.321 e. The van der Waals surface area contributed by atoms with Crippen molar-refractivity contribution in [2.75, 3.05) is 18.4 Å². The molecule has 2 amide bonds. The molecule has 5 nitrogen and oxygen atoms in total. The summed E-state index contributed by atoms with van der Waals surface area (Å²) in [6.45, 7) is 4.56. The monoisotopic (exact) mass is 308 g/mol. The molecule has 0 radical (unpaired) electrons. The first-order valence-electron chi connectivity index (χ1n) is 5.59. The number of hydrogen-bond donors (Lipinski definition) is 1. The van der Waals surface area contributed by atoms with Gasteiger partial charge in [0.15, 0.2) is 0 Å². The zero-order valence-electron chi connectivity index (χ0n) is 10.5. The standard InChI is InChI=1S/C11H14ClFN2O3S/c1-3-15(4-2)11(16)14-10-6-5-8(7-9(10)13)19(12,17)18/h5-7H,3-4H2,1-2H3,(H,14,16). The SMILES string of the molecule is CCN(CC)C(=O)Nc1ccc(S(=O)(=O)Cl)cc1F. The number of urea groups is 1. The summed E-state index contributed by atoms with van der Waals surface area (Å²) in [6, 6.07) is 2.60. The number of amides is 2. The van der Waals surface area contributed by atoms with Gasteiger partial charge in [-0.25, -0.2) is 17.6 Å². The molecule has 1 rings (SSSR count). The highest BCUT2D eigenvalue weighted by Crippen LogP contribution is 2.21. The van der Waals surface area contributed by atoms with Crippen molar-refractivity contribution in [1.29, 1.82) is 0 Å². The third kappa shape index (κ3) is 4.07. The van der Waals surface area contributed by atoms with Gasteiger partial charge in [0.05, 0.1) is 10.6 Å². The Hall–Kier alpha value is -1.34. The first kappa shape index (κ1) is 15.7. The van der Waals surface area contributed by atoms with Crippen LogP contribution in [0.5, 0.6) is 0 Å². The van der Waals surface area contributed by atoms with Crippen LogP contribution in [0.1, 0.15) is 13.8 Å². The molecule has 0 aliphatic heterocycles. The summed E-state index contributed by atoms with van der Waals surface area (Å²) in [5.41, 5.74) is -0.0963. The van der Waals surface area contributed by atoms with Gasteiger partial charge in [0, 0.05) is 23.8 Å². The molecule has 0 unspecified atom stereocenters. The molecule has 0 saturated heterocycles. The topological polar surface area (TPSA) is 66.5 Å². The molecule has 1 aromatic carbocycles. The summed E-state index contributed by atoms with van der Waals surface area (Å²) in [7, 11) is 1.11. The van der Waals surface area contributed by atoms with Gasteiger partial charge < -0.3 is 10.2 Å². The lowest BCUT2D eigenvalue weighted by atomic mass is 10.3. The van der Waals surface area contributed by atoms with Crippen LogP contribution in [0.3, 0.4) is 0 Å². The highest BCUT2D eigenvalue weighted by atomic mass is 35.7. The second-order valence-electron chi connectivity index (χ2n) is 3.68. The van der Waals surface area contributed by atoms with Gasteiger partial charge in [-0.1, -0.05) is 0 Å². The highest BCUT2D eigenvalue weighted by molar-refractivity contribution is 8.13. The number of rotatable bonds is 4. The minimum Gasteiger partial charge on any atom is -0.325 e. The van der Waals surface area contributed by atoms with Gasteiger partial charge in [0.1, 0.15) is 5.82 Å². The van der Waals surface area contributed by atoms with Crippen LogP contribution in [-0.4, -0.2) is 32.4 Å². The molecule has 0 bridgehead atoms. The predicted molar refractivity (Wildman–Crippen MR) is 71.4 cm³/mol. The van der Waals surface area contributed by atoms with Gasteiger partial charge >= 0.3 is 6.03 Å². The third-order valence-corrected chi connectivity index (χ3v) is 3.87. The van der Waals surface area contributed by atoms with Crippen LogP contribution in [-0.2, 0) is 9.05 Å². The summed E-state index contributed by atoms with van der Waals surface area (Å²) < 4.78 is 35.7. The molecule has 0 atom stereocenters. The van der Waals surface area contributed by atoms with E-state index in [1.165, 1.54) is 4.90 Å². The first-order chi connectivity index (χ1) is 8.79. The fraction of sp³-hybridized carbons (Fsp3) is 0.364. The van der Waals surface area contributed by atoms with Crippen molar-refractivity contribution < 1.29 is 17.6 Å². The lowest BCUT2D eigenvalue weighted by Crippen LogP contribution is -2.34. The van der Waals surface area contributed by atoms with E-state index in [0.29, 0.717) is 13.1 Å². The molecule has 1 aromatic rings. The summed E-state index contributed by atoms with van der Waals surface area (Å²) >= 11 is 0. The molecule has 0 spiro atoms. The van der Waals surface area contributed by atoms with Crippen LogP contribution in [0.15, 0.2) is 23.1 Å². The fourth-order valence-corrected chi connectivity index (χ4v) is 2.22. The van der Waals surface area contributed by atoms with Crippen molar-refractivity contribution in [2.24, 2.45) is 0 Å². The Morgan fingerprint density at radius 1 is 1.37 bits per heavy atom.